The van der Waals surface area contributed by atoms with Gasteiger partial charge in [-0.2, -0.15) is 0 Å². The van der Waals surface area contributed by atoms with Crippen LogP contribution in [0.5, 0.6) is 5.75 Å². The Hall–Kier alpha value is -2.04. The van der Waals surface area contributed by atoms with Crippen LogP contribution in [0.25, 0.3) is 0 Å². The van der Waals surface area contributed by atoms with E-state index in [1.165, 1.54) is 5.56 Å². The second kappa shape index (κ2) is 7.69. The average molecular weight is 326 g/mol. The quantitative estimate of drug-likeness (QED) is 0.802. The molecule has 3 N–H and O–H groups in total. The highest BCUT2D eigenvalue weighted by Gasteiger charge is 2.32. The Morgan fingerprint density at radius 3 is 2.33 bits per heavy atom. The van der Waals surface area contributed by atoms with Gasteiger partial charge in [-0.15, -0.1) is 0 Å². The van der Waals surface area contributed by atoms with Crippen molar-refractivity contribution in [1.29, 1.82) is 0 Å². The predicted octanol–water partition coefficient (Wildman–Crippen LogP) is 2.72. The molecule has 1 aliphatic rings. The molecule has 0 atom stereocenters. The minimum absolute atomic E-state index is 0.574. The van der Waals surface area contributed by atoms with Gasteiger partial charge in [0.2, 0.25) is 0 Å². The number of hydrogen-bond acceptors (Lipinski definition) is 4. The lowest BCUT2D eigenvalue weighted by molar-refractivity contribution is -0.0226. The van der Waals surface area contributed by atoms with E-state index in [2.05, 4.69) is 17.0 Å². The van der Waals surface area contributed by atoms with E-state index >= 15 is 0 Å². The van der Waals surface area contributed by atoms with Crippen LogP contribution in [-0.2, 0) is 6.42 Å². The minimum atomic E-state index is -0.574. The van der Waals surface area contributed by atoms with Gasteiger partial charge in [0.1, 0.15) is 12.4 Å². The van der Waals surface area contributed by atoms with Gasteiger partial charge in [-0.1, -0.05) is 30.3 Å². The summed E-state index contributed by atoms with van der Waals surface area (Å²) in [6, 6.07) is 17.7. The van der Waals surface area contributed by atoms with Gasteiger partial charge < -0.3 is 15.6 Å². The first kappa shape index (κ1) is 16.8. The van der Waals surface area contributed by atoms with Crippen molar-refractivity contribution in [3.63, 3.8) is 0 Å². The maximum Gasteiger partial charge on any atom is 0.119 e. The largest absolute Gasteiger partial charge is 0.492 e. The van der Waals surface area contributed by atoms with E-state index in [1.807, 2.05) is 42.5 Å². The van der Waals surface area contributed by atoms with Gasteiger partial charge in [0.15, 0.2) is 0 Å². The highest BCUT2D eigenvalue weighted by molar-refractivity contribution is 5.41. The van der Waals surface area contributed by atoms with Crippen LogP contribution in [0.15, 0.2) is 54.6 Å². The van der Waals surface area contributed by atoms with E-state index in [0.717, 1.165) is 50.3 Å². The summed E-state index contributed by atoms with van der Waals surface area (Å²) in [6.07, 6.45) is 2.36. The van der Waals surface area contributed by atoms with Crippen molar-refractivity contribution >= 4 is 5.69 Å². The van der Waals surface area contributed by atoms with Crippen molar-refractivity contribution in [2.24, 2.45) is 0 Å². The van der Waals surface area contributed by atoms with Crippen molar-refractivity contribution in [1.82, 2.24) is 4.90 Å². The van der Waals surface area contributed by atoms with Crippen LogP contribution in [0.3, 0.4) is 0 Å². The molecule has 0 radical (unpaired) electrons. The summed E-state index contributed by atoms with van der Waals surface area (Å²) in [5.41, 5.74) is 7.05. The molecule has 1 heterocycles. The van der Waals surface area contributed by atoms with Gasteiger partial charge in [0.05, 0.1) is 5.60 Å². The Labute approximate surface area is 143 Å². The Morgan fingerprint density at radius 2 is 1.67 bits per heavy atom. The number of piperidine rings is 1. The zero-order valence-corrected chi connectivity index (χ0v) is 14.0. The van der Waals surface area contributed by atoms with Gasteiger partial charge in [-0.05, 0) is 42.7 Å². The van der Waals surface area contributed by atoms with Gasteiger partial charge >= 0.3 is 0 Å². The molecule has 4 heteroatoms. The van der Waals surface area contributed by atoms with Crippen molar-refractivity contribution in [2.75, 3.05) is 32.0 Å². The Kier molecular flexibility index (Phi) is 5.38. The molecular formula is C20H26N2O2. The van der Waals surface area contributed by atoms with Crippen LogP contribution in [0.2, 0.25) is 0 Å². The fourth-order valence-electron chi connectivity index (χ4n) is 3.20. The summed E-state index contributed by atoms with van der Waals surface area (Å²) in [6.45, 7) is 3.36. The Morgan fingerprint density at radius 1 is 1.00 bits per heavy atom. The number of nitrogens with two attached hydrogens (primary N) is 1. The third-order valence-electron chi connectivity index (χ3n) is 4.72. The van der Waals surface area contributed by atoms with Crippen molar-refractivity contribution in [3.05, 3.63) is 60.2 Å². The first-order chi connectivity index (χ1) is 11.6. The molecule has 0 saturated carbocycles. The fourth-order valence-corrected chi connectivity index (χ4v) is 3.20. The van der Waals surface area contributed by atoms with E-state index in [0.29, 0.717) is 6.61 Å². The molecule has 3 rings (SSSR count). The molecule has 2 aromatic rings. The number of nitrogens with zero attached hydrogens (tertiary/aromatic N) is 1. The molecule has 0 spiro atoms. The number of anilines is 1. The zero-order chi connectivity index (χ0) is 16.8. The van der Waals surface area contributed by atoms with Crippen LogP contribution >= 0.6 is 0 Å². The summed E-state index contributed by atoms with van der Waals surface area (Å²) >= 11 is 0. The third-order valence-corrected chi connectivity index (χ3v) is 4.72. The lowest BCUT2D eigenvalue weighted by Crippen LogP contribution is -2.46. The smallest absolute Gasteiger partial charge is 0.119 e. The molecule has 0 bridgehead atoms. The van der Waals surface area contributed by atoms with Crippen LogP contribution in [0.4, 0.5) is 5.69 Å². The predicted molar refractivity (Wildman–Crippen MR) is 97.1 cm³/mol. The maximum absolute atomic E-state index is 10.8. The van der Waals surface area contributed by atoms with E-state index in [-0.39, 0.29) is 0 Å². The molecule has 0 aliphatic carbocycles. The topological polar surface area (TPSA) is 58.7 Å². The van der Waals surface area contributed by atoms with Gasteiger partial charge in [0.25, 0.3) is 0 Å². The summed E-state index contributed by atoms with van der Waals surface area (Å²) in [4.78, 5) is 2.36. The van der Waals surface area contributed by atoms with Crippen LogP contribution in [0.1, 0.15) is 18.4 Å². The fraction of sp³-hybridized carbons (Fsp3) is 0.400. The number of ether oxygens (including phenoxy) is 1. The number of aliphatic hydroxyl groups is 1. The van der Waals surface area contributed by atoms with Gasteiger partial charge in [-0.25, -0.2) is 0 Å². The first-order valence-corrected chi connectivity index (χ1v) is 8.60. The second-order valence-electron chi connectivity index (χ2n) is 6.65. The van der Waals surface area contributed by atoms with Crippen LogP contribution in [0, 0.1) is 0 Å². The summed E-state index contributed by atoms with van der Waals surface area (Å²) in [7, 11) is 0. The van der Waals surface area contributed by atoms with Crippen molar-refractivity contribution in [2.45, 2.75) is 24.9 Å². The molecule has 4 nitrogen and oxygen atoms in total. The highest BCUT2D eigenvalue weighted by atomic mass is 16.5. The minimum Gasteiger partial charge on any atom is -0.492 e. The summed E-state index contributed by atoms with van der Waals surface area (Å²) in [5, 5.41) is 10.8. The number of rotatable bonds is 6. The van der Waals surface area contributed by atoms with Gasteiger partial charge in [0, 0.05) is 31.7 Å². The molecule has 0 unspecified atom stereocenters. The van der Waals surface area contributed by atoms with Crippen molar-refractivity contribution in [3.8, 4) is 5.75 Å². The van der Waals surface area contributed by atoms with E-state index in [1.54, 1.807) is 0 Å². The number of nitrogen functional groups attached to an aromatic ring is 1. The first-order valence-electron chi connectivity index (χ1n) is 8.60. The molecular weight excluding hydrogens is 300 g/mol. The maximum atomic E-state index is 10.8. The number of hydrogen-bond donors (Lipinski definition) is 2. The normalized spacial score (nSPS) is 17.5. The van der Waals surface area contributed by atoms with Crippen molar-refractivity contribution < 1.29 is 9.84 Å². The molecule has 1 aliphatic heterocycles. The lowest BCUT2D eigenvalue weighted by Gasteiger charge is -2.38. The molecule has 0 aromatic heterocycles. The van der Waals surface area contributed by atoms with Gasteiger partial charge in [-0.3, -0.25) is 4.90 Å². The second-order valence-corrected chi connectivity index (χ2v) is 6.65. The van der Waals surface area contributed by atoms with E-state index in [9.17, 15) is 5.11 Å². The monoisotopic (exact) mass is 326 g/mol. The molecule has 0 amide bonds. The SMILES string of the molecule is Nc1ccc(OCCN2CCC(O)(Cc3ccccc3)CC2)cc1. The molecule has 1 fully saturated rings. The van der Waals surface area contributed by atoms with E-state index in [4.69, 9.17) is 10.5 Å². The van der Waals surface area contributed by atoms with E-state index < -0.39 is 5.60 Å². The Bertz CT molecular complexity index is 620. The summed E-state index contributed by atoms with van der Waals surface area (Å²) < 4.78 is 5.75. The molecule has 2 aromatic carbocycles. The standard InChI is InChI=1S/C20H26N2O2/c21-18-6-8-19(9-7-18)24-15-14-22-12-10-20(23,11-13-22)16-17-4-2-1-3-5-17/h1-9,23H,10-16,21H2. The highest BCUT2D eigenvalue weighted by Crippen LogP contribution is 2.26. The Balaban J connectivity index is 1.41. The third kappa shape index (κ3) is 4.73. The molecule has 24 heavy (non-hydrogen) atoms. The lowest BCUT2D eigenvalue weighted by atomic mass is 9.85. The molecule has 1 saturated heterocycles. The number of benzene rings is 2. The zero-order valence-electron chi connectivity index (χ0n) is 14.0. The number of likely N-dealkylation sites (tertiary alicyclic amines) is 1. The van der Waals surface area contributed by atoms with Crippen LogP contribution < -0.4 is 10.5 Å². The molecule has 128 valence electrons. The average Bonchev–Trinajstić information content (AvgIpc) is 2.59. The summed E-state index contributed by atoms with van der Waals surface area (Å²) in [5.74, 6) is 0.849. The van der Waals surface area contributed by atoms with Crippen LogP contribution in [-0.4, -0.2) is 41.8 Å².